The summed E-state index contributed by atoms with van der Waals surface area (Å²) in [6, 6.07) is 16.3. The number of aliphatic hydroxyl groups is 1. The highest BCUT2D eigenvalue weighted by Crippen LogP contribution is 2.43. The molecule has 1 unspecified atom stereocenters. The van der Waals surface area contributed by atoms with Crippen molar-refractivity contribution in [3.8, 4) is 22.4 Å². The van der Waals surface area contributed by atoms with Gasteiger partial charge in [0.25, 0.3) is 0 Å². The van der Waals surface area contributed by atoms with Crippen molar-refractivity contribution < 1.29 is 43.2 Å². The number of carbonyl (C=O) groups excluding carboxylic acids is 3. The van der Waals surface area contributed by atoms with Gasteiger partial charge < -0.3 is 53.9 Å². The summed E-state index contributed by atoms with van der Waals surface area (Å²) in [5.41, 5.74) is 5.51. The van der Waals surface area contributed by atoms with Gasteiger partial charge in [0.05, 0.1) is 74.0 Å². The van der Waals surface area contributed by atoms with E-state index in [-0.39, 0.29) is 30.3 Å². The van der Waals surface area contributed by atoms with Gasteiger partial charge in [-0.2, -0.15) is 0 Å². The Labute approximate surface area is 353 Å². The minimum atomic E-state index is -1.29. The fraction of sp³-hybridized carbons (Fsp3) is 0.477. The topological polar surface area (TPSA) is 205 Å². The van der Waals surface area contributed by atoms with Crippen molar-refractivity contribution in [2.75, 3.05) is 47.6 Å². The van der Waals surface area contributed by atoms with E-state index in [1.54, 1.807) is 22.9 Å². The number of aromatic nitrogens is 4. The van der Waals surface area contributed by atoms with Crippen molar-refractivity contribution in [3.63, 3.8) is 0 Å². The molecule has 1 spiro atoms. The number of imidazole rings is 2. The molecule has 6 atom stereocenters. The van der Waals surface area contributed by atoms with Crippen molar-refractivity contribution in [2.24, 2.45) is 5.92 Å². The van der Waals surface area contributed by atoms with Crippen molar-refractivity contribution in [3.05, 3.63) is 72.4 Å². The zero-order valence-corrected chi connectivity index (χ0v) is 35.3. The van der Waals surface area contributed by atoms with E-state index in [1.807, 2.05) is 32.0 Å². The lowest BCUT2D eigenvalue weighted by Gasteiger charge is -2.31. The predicted octanol–water partition coefficient (Wildman–Crippen LogP) is 4.75. The molecular formula is C44H54N8O9. The molecule has 0 radical (unpaired) electrons. The van der Waals surface area contributed by atoms with Gasteiger partial charge in [-0.1, -0.05) is 56.3 Å². The number of hydrogen-bond acceptors (Lipinski definition) is 12. The highest BCUT2D eigenvalue weighted by molar-refractivity contribution is 6.05. The van der Waals surface area contributed by atoms with E-state index in [4.69, 9.17) is 33.7 Å². The summed E-state index contributed by atoms with van der Waals surface area (Å²) in [7, 11) is 4.13. The van der Waals surface area contributed by atoms with Gasteiger partial charge in [-0.25, -0.2) is 14.8 Å². The van der Waals surface area contributed by atoms with Crippen molar-refractivity contribution in [1.29, 1.82) is 0 Å². The molecule has 17 heteroatoms. The van der Waals surface area contributed by atoms with Crippen molar-refractivity contribution in [1.82, 2.24) is 40.4 Å². The predicted molar refractivity (Wildman–Crippen MR) is 225 cm³/mol. The summed E-state index contributed by atoms with van der Waals surface area (Å²) in [6.07, 6.45) is 1.17. The fourth-order valence-electron chi connectivity index (χ4n) is 8.83. The molecule has 17 nitrogen and oxygen atoms in total. The second-order valence-electron chi connectivity index (χ2n) is 16.3. The van der Waals surface area contributed by atoms with E-state index >= 15 is 0 Å². The first-order chi connectivity index (χ1) is 29.4. The second kappa shape index (κ2) is 17.5. The Balaban J connectivity index is 1.00. The average Bonchev–Trinajstić information content (AvgIpc) is 4.14. The molecule has 3 amide bonds. The number of aromatic amines is 2. The number of ether oxygens (including phenoxy) is 5. The Bertz CT molecular complexity index is 2380. The first kappa shape index (κ1) is 42.3. The number of carbonyl (C=O) groups is 3. The Hall–Kier alpha value is -5.43. The van der Waals surface area contributed by atoms with Crippen LogP contribution in [0.2, 0.25) is 0 Å². The van der Waals surface area contributed by atoms with Crippen molar-refractivity contribution in [2.45, 2.75) is 82.5 Å². The number of aliphatic hydroxyl groups excluding tert-OH is 1. The van der Waals surface area contributed by atoms with Crippen LogP contribution in [0.1, 0.15) is 63.8 Å². The van der Waals surface area contributed by atoms with Crippen molar-refractivity contribution >= 4 is 39.7 Å². The summed E-state index contributed by atoms with van der Waals surface area (Å²) in [6.45, 7) is 7.22. The summed E-state index contributed by atoms with van der Waals surface area (Å²) in [5.74, 6) is -0.194. The number of fused-ring (bicyclic) bond motifs is 3. The lowest BCUT2D eigenvalue weighted by molar-refractivity contribution is -0.157. The van der Waals surface area contributed by atoms with Crippen LogP contribution in [0.4, 0.5) is 4.79 Å². The molecule has 61 heavy (non-hydrogen) atoms. The number of likely N-dealkylation sites (tertiary alicyclic amines) is 2. The van der Waals surface area contributed by atoms with E-state index in [1.165, 1.54) is 21.3 Å². The number of nitrogens with one attached hydrogen (secondary N) is 4. The van der Waals surface area contributed by atoms with Crippen LogP contribution >= 0.6 is 0 Å². The van der Waals surface area contributed by atoms with Crippen LogP contribution < -0.4 is 10.6 Å². The minimum absolute atomic E-state index is 0.136. The van der Waals surface area contributed by atoms with Crippen LogP contribution in [0.15, 0.2) is 60.8 Å². The SMILES string of the molecule is COC(=O)N[C@H](C(=O)N1CCC[C@H]1c1nc2ccc3cc(-c4ccc(-c5cnc([C@@H]6CC7(CN6C(=O)[C@@H](NC(O)OC)C(C)C)OCCO7)[nH]5)cc4)ccc3c2[nH]1)[C@@H](C)OC. The summed E-state index contributed by atoms with van der Waals surface area (Å²) < 4.78 is 27.3. The Kier molecular flexibility index (Phi) is 12.1. The molecule has 3 saturated heterocycles. The normalized spacial score (nSPS) is 20.8. The van der Waals surface area contributed by atoms with E-state index < -0.39 is 42.5 Å². The van der Waals surface area contributed by atoms with Crippen LogP contribution in [0.5, 0.6) is 0 Å². The molecule has 5 aromatic rings. The third kappa shape index (κ3) is 8.33. The first-order valence-electron chi connectivity index (χ1n) is 20.7. The van der Waals surface area contributed by atoms with Crippen LogP contribution in [0.25, 0.3) is 44.2 Å². The van der Waals surface area contributed by atoms with Gasteiger partial charge >= 0.3 is 6.09 Å². The van der Waals surface area contributed by atoms with E-state index in [9.17, 15) is 19.5 Å². The molecule has 0 bridgehead atoms. The summed E-state index contributed by atoms with van der Waals surface area (Å²) in [5, 5.41) is 17.7. The number of methoxy groups -OCH3 is 3. The number of rotatable bonds is 13. The van der Waals surface area contributed by atoms with Gasteiger partial charge in [0.2, 0.25) is 18.2 Å². The minimum Gasteiger partial charge on any atom is -0.453 e. The third-order valence-corrected chi connectivity index (χ3v) is 12.2. The highest BCUT2D eigenvalue weighted by Gasteiger charge is 2.52. The summed E-state index contributed by atoms with van der Waals surface area (Å²) in [4.78, 5) is 60.1. The molecular weight excluding hydrogens is 785 g/mol. The molecule has 3 aromatic carbocycles. The lowest BCUT2D eigenvalue weighted by atomic mass is 9.99. The van der Waals surface area contributed by atoms with Crippen LogP contribution in [0.3, 0.4) is 0 Å². The maximum Gasteiger partial charge on any atom is 0.407 e. The van der Waals surface area contributed by atoms with Gasteiger partial charge in [-0.3, -0.25) is 14.9 Å². The van der Waals surface area contributed by atoms with Gasteiger partial charge in [-0.15, -0.1) is 0 Å². The van der Waals surface area contributed by atoms with Gasteiger partial charge in [-0.05, 0) is 59.9 Å². The average molecular weight is 839 g/mol. The largest absolute Gasteiger partial charge is 0.453 e. The van der Waals surface area contributed by atoms with E-state index in [2.05, 4.69) is 57.0 Å². The third-order valence-electron chi connectivity index (χ3n) is 12.2. The molecule has 8 rings (SSSR count). The maximum atomic E-state index is 14.0. The Morgan fingerprint density at radius 3 is 2.30 bits per heavy atom. The fourth-order valence-corrected chi connectivity index (χ4v) is 8.83. The maximum absolute atomic E-state index is 14.0. The number of benzene rings is 3. The number of alkyl carbamates (subject to hydrolysis) is 1. The Morgan fingerprint density at radius 2 is 1.59 bits per heavy atom. The van der Waals surface area contributed by atoms with Crippen LogP contribution in [0, 0.1) is 5.92 Å². The highest BCUT2D eigenvalue weighted by atomic mass is 16.7. The van der Waals surface area contributed by atoms with Gasteiger partial charge in [0, 0.05) is 32.6 Å². The smallest absolute Gasteiger partial charge is 0.407 e. The van der Waals surface area contributed by atoms with Crippen LogP contribution in [-0.2, 0) is 33.3 Å². The number of H-pyrrole nitrogens is 2. The monoisotopic (exact) mass is 838 g/mol. The molecule has 0 aliphatic carbocycles. The number of amides is 3. The van der Waals surface area contributed by atoms with E-state index in [0.29, 0.717) is 37.8 Å². The molecule has 2 aromatic heterocycles. The Morgan fingerprint density at radius 1 is 0.869 bits per heavy atom. The molecule has 3 aliphatic rings. The first-order valence-corrected chi connectivity index (χ1v) is 20.7. The molecule has 3 aliphatic heterocycles. The number of nitrogens with zero attached hydrogens (tertiary/aromatic N) is 4. The lowest BCUT2D eigenvalue weighted by Crippen LogP contribution is -2.54. The second-order valence-corrected chi connectivity index (χ2v) is 16.3. The molecule has 5 heterocycles. The molecule has 0 saturated carbocycles. The number of hydrogen-bond donors (Lipinski definition) is 5. The van der Waals surface area contributed by atoms with E-state index in [0.717, 1.165) is 57.0 Å². The standard InChI is InChI=1S/C44H54N8O9/c1-24(2)35(49-42(55)58-5)40(53)52-23-44(60-18-19-61-44)21-34(52)38-45-22-32(47-38)27-11-9-26(10-12-27)28-13-15-30-29(20-28)14-16-31-37(30)48-39(46-31)33-8-7-17-51(33)41(54)36(25(3)57-4)50-43(56)59-6/h9-16,20,22,24-25,33-36,42,49,55H,7-8,17-19,21,23H2,1-6H3,(H,45,47)(H,46,48)(H,50,56)/t25-,33+,34+,35+,36+,42?/m1/s1. The van der Waals surface area contributed by atoms with Crippen LogP contribution in [-0.4, -0.2) is 131 Å². The zero-order chi connectivity index (χ0) is 43.0. The van der Waals surface area contributed by atoms with Gasteiger partial charge in [0.1, 0.15) is 17.7 Å². The molecule has 3 fully saturated rings. The summed E-state index contributed by atoms with van der Waals surface area (Å²) >= 11 is 0. The quantitative estimate of drug-likeness (QED) is 0.102. The molecule has 324 valence electrons. The molecule has 5 N–H and O–H groups in total. The van der Waals surface area contributed by atoms with Gasteiger partial charge in [0.15, 0.2) is 5.79 Å². The zero-order valence-electron chi connectivity index (χ0n) is 35.3.